The van der Waals surface area contributed by atoms with E-state index in [4.69, 9.17) is 0 Å². The molecule has 1 fully saturated rings. The van der Waals surface area contributed by atoms with Gasteiger partial charge in [0.15, 0.2) is 0 Å². The van der Waals surface area contributed by atoms with Crippen LogP contribution in [0.1, 0.15) is 28.8 Å². The van der Waals surface area contributed by atoms with E-state index in [2.05, 4.69) is 10.6 Å². The Labute approximate surface area is 125 Å². The molecule has 116 valence electrons. The molecule has 21 heavy (non-hydrogen) atoms. The zero-order valence-corrected chi connectivity index (χ0v) is 12.6. The first-order valence-corrected chi connectivity index (χ1v) is 7.76. The van der Waals surface area contributed by atoms with Crippen molar-refractivity contribution in [2.75, 3.05) is 25.2 Å². The van der Waals surface area contributed by atoms with Gasteiger partial charge in [0.1, 0.15) is 0 Å². The number of amides is 1. The Kier molecular flexibility index (Phi) is 4.41. The highest BCUT2D eigenvalue weighted by molar-refractivity contribution is 8.00. The standard InChI is InChI=1S/C14H17F3N2OS/c1-18-11-4-3-9(14(15,16)17)7-10(11)12(20)19-8-13(21-2)5-6-13/h3-4,7,18H,5-6,8H2,1-2H3,(H,19,20). The molecule has 0 aromatic heterocycles. The number of thioether (sulfide) groups is 1. The molecule has 1 aromatic carbocycles. The summed E-state index contributed by atoms with van der Waals surface area (Å²) in [6.07, 6.45) is -0.438. The molecule has 3 nitrogen and oxygen atoms in total. The molecule has 0 radical (unpaired) electrons. The molecule has 2 N–H and O–H groups in total. The van der Waals surface area contributed by atoms with Gasteiger partial charge in [0.25, 0.3) is 5.91 Å². The van der Waals surface area contributed by atoms with Crippen molar-refractivity contribution in [2.24, 2.45) is 0 Å². The predicted octanol–water partition coefficient (Wildman–Crippen LogP) is 3.37. The van der Waals surface area contributed by atoms with E-state index >= 15 is 0 Å². The SMILES string of the molecule is CNc1ccc(C(F)(F)F)cc1C(=O)NCC1(SC)CC1. The van der Waals surface area contributed by atoms with Crippen LogP contribution in [0.25, 0.3) is 0 Å². The van der Waals surface area contributed by atoms with Crippen molar-refractivity contribution in [3.05, 3.63) is 29.3 Å². The van der Waals surface area contributed by atoms with Crippen molar-refractivity contribution in [2.45, 2.75) is 23.8 Å². The molecule has 1 aliphatic rings. The van der Waals surface area contributed by atoms with Crippen LogP contribution in [0.4, 0.5) is 18.9 Å². The largest absolute Gasteiger partial charge is 0.416 e. The van der Waals surface area contributed by atoms with Gasteiger partial charge in [0, 0.05) is 24.0 Å². The summed E-state index contributed by atoms with van der Waals surface area (Å²) in [6, 6.07) is 3.13. The molecule has 0 aliphatic heterocycles. The summed E-state index contributed by atoms with van der Waals surface area (Å²) in [5, 5.41) is 5.49. The predicted molar refractivity (Wildman–Crippen MR) is 78.8 cm³/mol. The van der Waals surface area contributed by atoms with Gasteiger partial charge in [-0.3, -0.25) is 4.79 Å². The van der Waals surface area contributed by atoms with Crippen LogP contribution in [0.2, 0.25) is 0 Å². The molecule has 0 unspecified atom stereocenters. The smallest absolute Gasteiger partial charge is 0.387 e. The molecule has 0 heterocycles. The van der Waals surface area contributed by atoms with Gasteiger partial charge in [-0.2, -0.15) is 24.9 Å². The van der Waals surface area contributed by atoms with Crippen molar-refractivity contribution in [1.82, 2.24) is 5.32 Å². The first-order chi connectivity index (χ1) is 9.81. The molecule has 1 amide bonds. The van der Waals surface area contributed by atoms with Gasteiger partial charge in [-0.05, 0) is 37.3 Å². The van der Waals surface area contributed by atoms with E-state index in [-0.39, 0.29) is 10.3 Å². The maximum atomic E-state index is 12.8. The maximum absolute atomic E-state index is 12.8. The van der Waals surface area contributed by atoms with E-state index < -0.39 is 17.6 Å². The van der Waals surface area contributed by atoms with Crippen LogP contribution in [0, 0.1) is 0 Å². The molecule has 0 bridgehead atoms. The lowest BCUT2D eigenvalue weighted by atomic mass is 10.1. The zero-order chi connectivity index (χ0) is 15.7. The molecular weight excluding hydrogens is 301 g/mol. The van der Waals surface area contributed by atoms with E-state index in [9.17, 15) is 18.0 Å². The van der Waals surface area contributed by atoms with Crippen LogP contribution >= 0.6 is 11.8 Å². The number of benzene rings is 1. The Morgan fingerprint density at radius 3 is 2.52 bits per heavy atom. The van der Waals surface area contributed by atoms with E-state index in [1.54, 1.807) is 18.8 Å². The van der Waals surface area contributed by atoms with Crippen LogP contribution in [0.5, 0.6) is 0 Å². The second kappa shape index (κ2) is 5.79. The number of rotatable bonds is 5. The molecule has 1 aromatic rings. The number of hydrogen-bond acceptors (Lipinski definition) is 3. The van der Waals surface area contributed by atoms with Gasteiger partial charge in [-0.15, -0.1) is 0 Å². The lowest BCUT2D eigenvalue weighted by molar-refractivity contribution is -0.137. The summed E-state index contributed by atoms with van der Waals surface area (Å²) in [7, 11) is 1.57. The quantitative estimate of drug-likeness (QED) is 0.874. The van der Waals surface area contributed by atoms with Crippen LogP contribution < -0.4 is 10.6 Å². The number of nitrogens with one attached hydrogen (secondary N) is 2. The average molecular weight is 318 g/mol. The summed E-state index contributed by atoms with van der Waals surface area (Å²) in [6.45, 7) is 0.479. The lowest BCUT2D eigenvalue weighted by Crippen LogP contribution is -2.32. The van der Waals surface area contributed by atoms with Crippen LogP contribution in [-0.4, -0.2) is 30.5 Å². The monoisotopic (exact) mass is 318 g/mol. The first-order valence-electron chi connectivity index (χ1n) is 6.54. The summed E-state index contributed by atoms with van der Waals surface area (Å²) in [5.41, 5.74) is -0.420. The summed E-state index contributed by atoms with van der Waals surface area (Å²) >= 11 is 1.68. The number of anilines is 1. The van der Waals surface area contributed by atoms with Crippen LogP contribution in [0.3, 0.4) is 0 Å². The number of carbonyl (C=O) groups is 1. The van der Waals surface area contributed by atoms with E-state index in [0.717, 1.165) is 25.0 Å². The Morgan fingerprint density at radius 2 is 2.05 bits per heavy atom. The fourth-order valence-corrected chi connectivity index (χ4v) is 2.78. The maximum Gasteiger partial charge on any atom is 0.416 e. The molecule has 0 saturated heterocycles. The molecule has 2 rings (SSSR count). The molecular formula is C14H17F3N2OS. The third kappa shape index (κ3) is 3.64. The van der Waals surface area contributed by atoms with E-state index in [1.807, 2.05) is 6.26 Å². The third-order valence-corrected chi connectivity index (χ3v) is 5.09. The fourth-order valence-electron chi connectivity index (χ4n) is 2.06. The van der Waals surface area contributed by atoms with Crippen LogP contribution in [0.15, 0.2) is 18.2 Å². The normalized spacial score (nSPS) is 16.4. The Bertz CT molecular complexity index is 542. The van der Waals surface area contributed by atoms with Gasteiger partial charge in [0.2, 0.25) is 0 Å². The second-order valence-corrected chi connectivity index (χ2v) is 6.35. The third-order valence-electron chi connectivity index (χ3n) is 3.67. The van der Waals surface area contributed by atoms with Crippen molar-refractivity contribution >= 4 is 23.4 Å². The van der Waals surface area contributed by atoms with Crippen molar-refractivity contribution in [3.8, 4) is 0 Å². The van der Waals surface area contributed by atoms with Crippen molar-refractivity contribution < 1.29 is 18.0 Å². The minimum absolute atomic E-state index is 0.0178. The second-order valence-electron chi connectivity index (χ2n) is 5.08. The van der Waals surface area contributed by atoms with E-state index in [1.165, 1.54) is 6.07 Å². The highest BCUT2D eigenvalue weighted by atomic mass is 32.2. The van der Waals surface area contributed by atoms with E-state index in [0.29, 0.717) is 12.2 Å². The molecule has 1 saturated carbocycles. The first kappa shape index (κ1) is 16.0. The summed E-state index contributed by atoms with van der Waals surface area (Å²) < 4.78 is 38.3. The fraction of sp³-hybridized carbons (Fsp3) is 0.500. The van der Waals surface area contributed by atoms with Crippen molar-refractivity contribution in [1.29, 1.82) is 0 Å². The molecule has 0 spiro atoms. The van der Waals surface area contributed by atoms with Gasteiger partial charge in [0.05, 0.1) is 11.1 Å². The number of alkyl halides is 3. The van der Waals surface area contributed by atoms with Gasteiger partial charge in [-0.1, -0.05) is 0 Å². The van der Waals surface area contributed by atoms with Gasteiger partial charge in [-0.25, -0.2) is 0 Å². The molecule has 7 heteroatoms. The topological polar surface area (TPSA) is 41.1 Å². The Balaban J connectivity index is 2.18. The van der Waals surface area contributed by atoms with Gasteiger partial charge >= 0.3 is 6.18 Å². The highest BCUT2D eigenvalue weighted by Crippen LogP contribution is 2.46. The van der Waals surface area contributed by atoms with Crippen LogP contribution in [-0.2, 0) is 6.18 Å². The molecule has 0 atom stereocenters. The minimum Gasteiger partial charge on any atom is -0.387 e. The number of carbonyl (C=O) groups excluding carboxylic acids is 1. The highest BCUT2D eigenvalue weighted by Gasteiger charge is 2.42. The minimum atomic E-state index is -4.46. The lowest BCUT2D eigenvalue weighted by Gasteiger charge is -2.16. The summed E-state index contributed by atoms with van der Waals surface area (Å²) in [4.78, 5) is 12.2. The Hall–Kier alpha value is -1.37. The summed E-state index contributed by atoms with van der Waals surface area (Å²) in [5.74, 6) is -0.481. The Morgan fingerprint density at radius 1 is 1.38 bits per heavy atom. The average Bonchev–Trinajstić information content (AvgIpc) is 3.23. The zero-order valence-electron chi connectivity index (χ0n) is 11.8. The van der Waals surface area contributed by atoms with Gasteiger partial charge < -0.3 is 10.6 Å². The van der Waals surface area contributed by atoms with Crippen molar-refractivity contribution in [3.63, 3.8) is 0 Å². The number of hydrogen-bond donors (Lipinski definition) is 2. The molecule has 1 aliphatic carbocycles. The number of halogens is 3.